The van der Waals surface area contributed by atoms with E-state index in [9.17, 15) is 13.2 Å². The number of hydrogen-bond acceptors (Lipinski definition) is 20. The molecule has 0 unspecified atom stereocenters. The van der Waals surface area contributed by atoms with Crippen molar-refractivity contribution in [3.05, 3.63) is 251 Å². The van der Waals surface area contributed by atoms with E-state index in [1.54, 1.807) is 0 Å². The number of benzene rings is 7. The highest BCUT2D eigenvalue weighted by atomic mass is 19.4. The standard InChI is InChI=1S/C72H88N6O13.C2HF3O2/c73-37-56-63(81-41-49-26-12-3-13-27-49)66(83-43-51-30-16-5-17-31-51)59(77)70(86-56)89-62-55(76)36-54(75)61(80-40-48-24-10-2-11-25-48)68(62)91-72-69(85-45-53-34-20-7-21-35-53)65(58(88-72)46-79-39-47-22-8-1-9-23-47)90-71-60(78)67(84-44-52-32-18-6-19-33-52)64(57(38-74)87-71)82-42-50-28-14-4-15-29-50;3-2(4,5)1(6)7/h1-35,54-72H,36-46,73-78H2;(H,6,7)/t54-,55+,56-,57+,58-,59-,60-,61+,62-,63-,64-,65-,66-,67-,68-,69-,70-,71-,72+;/m1./s1. The number of carbonyl (C=O) groups is 1. The van der Waals surface area contributed by atoms with Crippen LogP contribution in [0.5, 0.6) is 0 Å². The van der Waals surface area contributed by atoms with Crippen LogP contribution in [-0.2, 0) is 113 Å². The van der Waals surface area contributed by atoms with Crippen LogP contribution in [0.15, 0.2) is 212 Å². The smallest absolute Gasteiger partial charge is 0.475 e. The number of halogens is 3. The predicted molar refractivity (Wildman–Crippen MR) is 355 cm³/mol. The lowest BCUT2D eigenvalue weighted by Gasteiger charge is -2.49. The number of aliphatic carboxylic acids is 1. The molecular weight excluding hydrogens is 1270 g/mol. The summed E-state index contributed by atoms with van der Waals surface area (Å²) in [6.07, 6.45) is -18.6. The molecule has 526 valence electrons. The topological polar surface area (TPSA) is 313 Å². The molecule has 4 aliphatic rings. The van der Waals surface area contributed by atoms with E-state index in [4.69, 9.17) is 106 Å². The van der Waals surface area contributed by atoms with Crippen molar-refractivity contribution >= 4 is 5.97 Å². The average molecular weight is 1360 g/mol. The van der Waals surface area contributed by atoms with E-state index >= 15 is 0 Å². The van der Waals surface area contributed by atoms with Gasteiger partial charge in [0.2, 0.25) is 0 Å². The second-order valence-corrected chi connectivity index (χ2v) is 24.5. The predicted octanol–water partition coefficient (Wildman–Crippen LogP) is 7.31. The summed E-state index contributed by atoms with van der Waals surface area (Å²) in [6.45, 7) is 1.65. The van der Waals surface area contributed by atoms with E-state index in [0.717, 1.165) is 38.9 Å². The van der Waals surface area contributed by atoms with Gasteiger partial charge in [0, 0.05) is 25.2 Å². The van der Waals surface area contributed by atoms with Crippen LogP contribution < -0.4 is 34.4 Å². The van der Waals surface area contributed by atoms with Crippen molar-refractivity contribution in [2.45, 2.75) is 175 Å². The Morgan fingerprint density at radius 3 is 0.980 bits per heavy atom. The Morgan fingerprint density at radius 1 is 0.367 bits per heavy atom. The largest absolute Gasteiger partial charge is 0.490 e. The van der Waals surface area contributed by atoms with Crippen LogP contribution >= 0.6 is 0 Å². The van der Waals surface area contributed by atoms with E-state index in [1.807, 2.05) is 212 Å². The first-order chi connectivity index (χ1) is 47.6. The number of ether oxygens (including phenoxy) is 13. The summed E-state index contributed by atoms with van der Waals surface area (Å²) in [7, 11) is 0. The molecule has 3 saturated heterocycles. The molecule has 21 nitrogen and oxygen atoms in total. The van der Waals surface area contributed by atoms with Gasteiger partial charge >= 0.3 is 12.1 Å². The molecule has 98 heavy (non-hydrogen) atoms. The normalized spacial score (nSPS) is 29.5. The molecule has 11 rings (SSSR count). The second kappa shape index (κ2) is 36.9. The molecule has 7 aromatic carbocycles. The maximum absolute atomic E-state index is 10.6. The first kappa shape index (κ1) is 73.7. The lowest BCUT2D eigenvalue weighted by Crippen LogP contribution is -2.69. The Labute approximate surface area is 568 Å². The Kier molecular flexibility index (Phi) is 27.8. The summed E-state index contributed by atoms with van der Waals surface area (Å²) in [6, 6.07) is 65.6. The maximum Gasteiger partial charge on any atom is 0.490 e. The minimum atomic E-state index is -5.08. The van der Waals surface area contributed by atoms with E-state index in [1.165, 1.54) is 0 Å². The maximum atomic E-state index is 10.6. The molecule has 1 saturated carbocycles. The van der Waals surface area contributed by atoms with Crippen LogP contribution in [0, 0.1) is 0 Å². The van der Waals surface area contributed by atoms with Crippen LogP contribution in [-0.4, -0.2) is 153 Å². The molecule has 1 aliphatic carbocycles. The summed E-state index contributed by atoms with van der Waals surface area (Å²) in [4.78, 5) is 8.90. The average Bonchev–Trinajstić information content (AvgIpc) is 1.43. The molecule has 4 fully saturated rings. The first-order valence-electron chi connectivity index (χ1n) is 32.8. The van der Waals surface area contributed by atoms with Gasteiger partial charge < -0.3 is 101 Å². The van der Waals surface area contributed by atoms with Gasteiger partial charge in [0.15, 0.2) is 18.9 Å². The van der Waals surface area contributed by atoms with Gasteiger partial charge in [-0.15, -0.1) is 0 Å². The highest BCUT2D eigenvalue weighted by molar-refractivity contribution is 5.73. The second-order valence-electron chi connectivity index (χ2n) is 24.5. The summed E-state index contributed by atoms with van der Waals surface area (Å²) in [5.41, 5.74) is 49.0. The minimum absolute atomic E-state index is 0.0182. The fourth-order valence-electron chi connectivity index (χ4n) is 12.3. The van der Waals surface area contributed by atoms with Gasteiger partial charge in [-0.1, -0.05) is 212 Å². The van der Waals surface area contributed by atoms with Gasteiger partial charge in [-0.05, 0) is 45.4 Å². The highest BCUT2D eigenvalue weighted by Crippen LogP contribution is 2.39. The third-order valence-electron chi connectivity index (χ3n) is 17.4. The summed E-state index contributed by atoms with van der Waals surface area (Å²) >= 11 is 0. The Bertz CT molecular complexity index is 3400. The molecule has 3 heterocycles. The minimum Gasteiger partial charge on any atom is -0.475 e. The Hall–Kier alpha value is -6.96. The van der Waals surface area contributed by atoms with E-state index < -0.39 is 128 Å². The zero-order valence-electron chi connectivity index (χ0n) is 54.2. The molecule has 0 aromatic heterocycles. The van der Waals surface area contributed by atoms with Gasteiger partial charge in [-0.2, -0.15) is 13.2 Å². The molecule has 13 N–H and O–H groups in total. The molecule has 0 bridgehead atoms. The molecule has 7 aromatic rings. The monoisotopic (exact) mass is 1360 g/mol. The SMILES string of the molecule is NC[C@@H]1O[C@H](O[C@H]2[C@@H](OCc3ccccc3)[C@H](O[C@@H]3[C@@H](OCc4ccccc4)[C@H](N)C[C@H](N)[C@H]3O[C@H]3O[C@H](CN)[C@@H](OCc4ccccc4)[C@H](OCc4ccccc4)[C@H]3N)O[C@@H]2COCc2ccccc2)[C@H](N)[C@@H](OCc2ccccc2)[C@@H]1OCc1ccccc1.O=C(O)C(F)(F)F. The van der Waals surface area contributed by atoms with Crippen molar-refractivity contribution in [2.24, 2.45) is 34.4 Å². The Morgan fingerprint density at radius 2 is 0.643 bits per heavy atom. The van der Waals surface area contributed by atoms with Crippen LogP contribution in [0.4, 0.5) is 13.2 Å². The molecule has 24 heteroatoms. The highest BCUT2D eigenvalue weighted by Gasteiger charge is 2.57. The van der Waals surface area contributed by atoms with E-state index in [2.05, 4.69) is 0 Å². The van der Waals surface area contributed by atoms with Crippen molar-refractivity contribution in [3.63, 3.8) is 0 Å². The fraction of sp³-hybridized carbons (Fsp3) is 0.419. The number of carboxylic acids is 1. The van der Waals surface area contributed by atoms with E-state index in [0.29, 0.717) is 0 Å². The van der Waals surface area contributed by atoms with Crippen LogP contribution in [0.1, 0.15) is 45.4 Å². The van der Waals surface area contributed by atoms with Gasteiger partial charge in [-0.25, -0.2) is 4.79 Å². The number of nitrogens with two attached hydrogens (primary N) is 6. The lowest BCUT2D eigenvalue weighted by atomic mass is 9.84. The summed E-state index contributed by atoms with van der Waals surface area (Å²) in [5.74, 6) is -2.76. The quantitative estimate of drug-likeness (QED) is 0.0232. The third-order valence-corrected chi connectivity index (χ3v) is 17.4. The van der Waals surface area contributed by atoms with Crippen LogP contribution in [0.2, 0.25) is 0 Å². The van der Waals surface area contributed by atoms with E-state index in [-0.39, 0.29) is 72.4 Å². The van der Waals surface area contributed by atoms with Crippen molar-refractivity contribution < 1.29 is 84.7 Å². The number of alkyl halides is 3. The molecule has 0 spiro atoms. The van der Waals surface area contributed by atoms with Gasteiger partial charge in [0.25, 0.3) is 0 Å². The zero-order valence-corrected chi connectivity index (χ0v) is 54.2. The summed E-state index contributed by atoms with van der Waals surface area (Å²) in [5, 5.41) is 7.12. The lowest BCUT2D eigenvalue weighted by molar-refractivity contribution is -0.318. The molecular formula is C74H89F3N6O15. The Balaban J connectivity index is 0.00000141. The first-order valence-corrected chi connectivity index (χ1v) is 32.8. The fourth-order valence-corrected chi connectivity index (χ4v) is 12.3. The molecule has 0 amide bonds. The molecule has 3 aliphatic heterocycles. The van der Waals surface area contributed by atoms with Gasteiger partial charge in [0.05, 0.1) is 64.9 Å². The zero-order chi connectivity index (χ0) is 68.8. The van der Waals surface area contributed by atoms with Crippen molar-refractivity contribution in [2.75, 3.05) is 19.7 Å². The summed E-state index contributed by atoms with van der Waals surface area (Å²) < 4.78 is 122. The van der Waals surface area contributed by atoms with Crippen LogP contribution in [0.3, 0.4) is 0 Å². The number of rotatable bonds is 30. The molecule has 19 atom stereocenters. The van der Waals surface area contributed by atoms with Gasteiger partial charge in [0.1, 0.15) is 73.2 Å². The molecule has 0 radical (unpaired) electrons. The van der Waals surface area contributed by atoms with Crippen molar-refractivity contribution in [1.29, 1.82) is 0 Å². The third kappa shape index (κ3) is 20.6. The van der Waals surface area contributed by atoms with Crippen molar-refractivity contribution in [1.82, 2.24) is 0 Å². The number of carboxylic acid groups (broad SMARTS) is 1. The number of hydrogen-bond donors (Lipinski definition) is 7. The van der Waals surface area contributed by atoms with Gasteiger partial charge in [-0.3, -0.25) is 0 Å². The van der Waals surface area contributed by atoms with Crippen LogP contribution in [0.25, 0.3) is 0 Å². The van der Waals surface area contributed by atoms with Crippen molar-refractivity contribution in [3.8, 4) is 0 Å².